The van der Waals surface area contributed by atoms with Crippen molar-refractivity contribution in [2.45, 2.75) is 33.3 Å². The van der Waals surface area contributed by atoms with Gasteiger partial charge in [0.2, 0.25) is 5.43 Å². The van der Waals surface area contributed by atoms with Gasteiger partial charge >= 0.3 is 0 Å². The predicted octanol–water partition coefficient (Wildman–Crippen LogP) is 4.93. The lowest BCUT2D eigenvalue weighted by Gasteiger charge is -2.29. The van der Waals surface area contributed by atoms with Crippen molar-refractivity contribution in [3.8, 4) is 17.2 Å². The Labute approximate surface area is 169 Å². The molecule has 0 saturated carbocycles. The first-order valence-electron chi connectivity index (χ1n) is 9.65. The minimum atomic E-state index is -0.477. The summed E-state index contributed by atoms with van der Waals surface area (Å²) < 4.78 is 13.8. The molecule has 1 aliphatic rings. The Hall–Kier alpha value is -3.21. The molecule has 29 heavy (non-hydrogen) atoms. The number of rotatable bonds is 3. The Bertz CT molecular complexity index is 1260. The molecule has 2 heterocycles. The van der Waals surface area contributed by atoms with Gasteiger partial charge in [0, 0.05) is 30.1 Å². The molecule has 0 aliphatic carbocycles. The molecule has 1 aliphatic heterocycles. The maximum Gasteiger partial charge on any atom is 0.200 e. The van der Waals surface area contributed by atoms with Gasteiger partial charge in [-0.3, -0.25) is 4.79 Å². The van der Waals surface area contributed by atoms with Crippen LogP contribution in [0.2, 0.25) is 0 Å². The fourth-order valence-corrected chi connectivity index (χ4v) is 3.70. The monoisotopic (exact) mass is 391 g/mol. The zero-order valence-electron chi connectivity index (χ0n) is 17.4. The molecule has 0 saturated heterocycles. The molecule has 1 aromatic heterocycles. The van der Waals surface area contributed by atoms with E-state index >= 15 is 0 Å². The van der Waals surface area contributed by atoms with E-state index in [2.05, 4.69) is 0 Å². The molecule has 0 unspecified atom stereocenters. The average molecular weight is 391 g/mol. The van der Waals surface area contributed by atoms with Crippen LogP contribution in [0.25, 0.3) is 27.9 Å². The van der Waals surface area contributed by atoms with Gasteiger partial charge in [0.25, 0.3) is 0 Å². The molecular weight excluding hydrogens is 366 g/mol. The zero-order valence-corrected chi connectivity index (χ0v) is 17.4. The lowest BCUT2D eigenvalue weighted by Crippen LogP contribution is -2.28. The molecule has 0 atom stereocenters. The van der Waals surface area contributed by atoms with Crippen LogP contribution in [0.3, 0.4) is 0 Å². The highest BCUT2D eigenvalue weighted by molar-refractivity contribution is 6.02. The molecule has 0 spiro atoms. The van der Waals surface area contributed by atoms with Crippen molar-refractivity contribution in [3.05, 3.63) is 57.8 Å². The van der Waals surface area contributed by atoms with E-state index in [9.17, 15) is 9.90 Å². The third-order valence-electron chi connectivity index (χ3n) is 5.18. The Morgan fingerprint density at radius 2 is 2.03 bits per heavy atom. The summed E-state index contributed by atoms with van der Waals surface area (Å²) in [6, 6.07) is 6.94. The van der Waals surface area contributed by atoms with E-state index < -0.39 is 5.60 Å². The standard InChI is InChI=1S/C24H25NO4/c1-14(2)9-11-28-15-6-7-16-18(12-15)25(5)22-17-8-10-24(3,4)29-20(17)13-19(26)21(22)23(16)27/h6-10,12-13,26H,11H2,1-5H3. The summed E-state index contributed by atoms with van der Waals surface area (Å²) in [5.41, 5.74) is 2.67. The SMILES string of the molecule is CC(C)=CCOc1ccc2c(=O)c3c(O)cc4c(c3n(C)c2c1)C=CC(C)(C)O4. The van der Waals surface area contributed by atoms with E-state index in [0.717, 1.165) is 11.1 Å². The van der Waals surface area contributed by atoms with Gasteiger partial charge in [-0.25, -0.2) is 0 Å². The first-order valence-corrected chi connectivity index (χ1v) is 9.65. The first-order chi connectivity index (χ1) is 13.7. The second-order valence-electron chi connectivity index (χ2n) is 8.23. The second-order valence-corrected chi connectivity index (χ2v) is 8.23. The number of aromatic nitrogens is 1. The van der Waals surface area contributed by atoms with Crippen molar-refractivity contribution in [2.24, 2.45) is 7.05 Å². The smallest absolute Gasteiger partial charge is 0.200 e. The predicted molar refractivity (Wildman–Crippen MR) is 117 cm³/mol. The van der Waals surface area contributed by atoms with Crippen molar-refractivity contribution in [2.75, 3.05) is 6.61 Å². The second kappa shape index (κ2) is 6.69. The third kappa shape index (κ3) is 3.27. The molecule has 0 amide bonds. The van der Waals surface area contributed by atoms with E-state index in [1.807, 2.05) is 63.6 Å². The van der Waals surface area contributed by atoms with Gasteiger partial charge in [0.05, 0.1) is 16.4 Å². The van der Waals surface area contributed by atoms with Crippen LogP contribution in [0, 0.1) is 0 Å². The van der Waals surface area contributed by atoms with Crippen LogP contribution in [0.4, 0.5) is 0 Å². The Balaban J connectivity index is 1.99. The van der Waals surface area contributed by atoms with Crippen LogP contribution >= 0.6 is 0 Å². The highest BCUT2D eigenvalue weighted by Crippen LogP contribution is 2.40. The minimum absolute atomic E-state index is 0.0729. The summed E-state index contributed by atoms with van der Waals surface area (Å²) in [5.74, 6) is 1.18. The number of fused-ring (bicyclic) bond motifs is 4. The summed E-state index contributed by atoms with van der Waals surface area (Å²) in [6.07, 6.45) is 5.92. The minimum Gasteiger partial charge on any atom is -0.507 e. The Kier molecular flexibility index (Phi) is 4.41. The number of aryl methyl sites for hydroxylation is 1. The summed E-state index contributed by atoms with van der Waals surface area (Å²) in [4.78, 5) is 13.2. The van der Waals surface area contributed by atoms with Gasteiger partial charge in [0.1, 0.15) is 29.5 Å². The molecule has 0 bridgehead atoms. The summed E-state index contributed by atoms with van der Waals surface area (Å²) in [6.45, 7) is 8.40. The highest BCUT2D eigenvalue weighted by Gasteiger charge is 2.26. The van der Waals surface area contributed by atoms with E-state index in [1.54, 1.807) is 12.1 Å². The molecule has 150 valence electrons. The Morgan fingerprint density at radius 1 is 1.28 bits per heavy atom. The van der Waals surface area contributed by atoms with Crippen molar-refractivity contribution >= 4 is 27.9 Å². The number of nitrogens with zero attached hydrogens (tertiary/aromatic N) is 1. The maximum absolute atomic E-state index is 13.2. The normalized spacial score (nSPS) is 14.5. The zero-order chi connectivity index (χ0) is 20.9. The van der Waals surface area contributed by atoms with Crippen LogP contribution < -0.4 is 14.9 Å². The average Bonchev–Trinajstić information content (AvgIpc) is 2.64. The fourth-order valence-electron chi connectivity index (χ4n) is 3.70. The van der Waals surface area contributed by atoms with Gasteiger partial charge in [0.15, 0.2) is 0 Å². The van der Waals surface area contributed by atoms with Crippen molar-refractivity contribution in [1.29, 1.82) is 0 Å². The maximum atomic E-state index is 13.2. The number of hydrogen-bond acceptors (Lipinski definition) is 4. The summed E-state index contributed by atoms with van der Waals surface area (Å²) in [5, 5.41) is 11.5. The molecule has 0 radical (unpaired) electrons. The molecule has 3 aromatic rings. The number of pyridine rings is 1. The van der Waals surface area contributed by atoms with Crippen molar-refractivity contribution in [1.82, 2.24) is 4.57 Å². The summed E-state index contributed by atoms with van der Waals surface area (Å²) in [7, 11) is 1.89. The quantitative estimate of drug-likeness (QED) is 0.508. The topological polar surface area (TPSA) is 60.7 Å². The lowest BCUT2D eigenvalue weighted by atomic mass is 9.98. The van der Waals surface area contributed by atoms with E-state index in [-0.39, 0.29) is 11.2 Å². The lowest BCUT2D eigenvalue weighted by molar-refractivity contribution is 0.159. The van der Waals surface area contributed by atoms with Gasteiger partial charge in [-0.2, -0.15) is 0 Å². The molecule has 1 N–H and O–H groups in total. The number of hydrogen-bond donors (Lipinski definition) is 1. The van der Waals surface area contributed by atoms with Crippen LogP contribution in [0.15, 0.2) is 46.8 Å². The van der Waals surface area contributed by atoms with Gasteiger partial charge in [-0.05, 0) is 58.1 Å². The number of allylic oxidation sites excluding steroid dienone is 1. The fraction of sp³-hybridized carbons (Fsp3) is 0.292. The number of phenols is 1. The molecule has 0 fully saturated rings. The van der Waals surface area contributed by atoms with Gasteiger partial charge in [-0.15, -0.1) is 0 Å². The van der Waals surface area contributed by atoms with E-state index in [4.69, 9.17) is 9.47 Å². The highest BCUT2D eigenvalue weighted by atomic mass is 16.5. The Morgan fingerprint density at radius 3 is 2.76 bits per heavy atom. The number of aromatic hydroxyl groups is 1. The molecule has 5 nitrogen and oxygen atoms in total. The van der Waals surface area contributed by atoms with Crippen LogP contribution in [0.1, 0.15) is 33.3 Å². The van der Waals surface area contributed by atoms with E-state index in [0.29, 0.717) is 34.4 Å². The number of benzene rings is 2. The third-order valence-corrected chi connectivity index (χ3v) is 5.18. The molecule has 2 aromatic carbocycles. The van der Waals surface area contributed by atoms with E-state index in [1.165, 1.54) is 11.6 Å². The van der Waals surface area contributed by atoms with Crippen LogP contribution in [0.5, 0.6) is 17.2 Å². The van der Waals surface area contributed by atoms with Crippen molar-refractivity contribution in [3.63, 3.8) is 0 Å². The summed E-state index contributed by atoms with van der Waals surface area (Å²) >= 11 is 0. The van der Waals surface area contributed by atoms with Crippen LogP contribution in [-0.4, -0.2) is 21.9 Å². The largest absolute Gasteiger partial charge is 0.507 e. The van der Waals surface area contributed by atoms with Crippen molar-refractivity contribution < 1.29 is 14.6 Å². The van der Waals surface area contributed by atoms with Crippen LogP contribution in [-0.2, 0) is 7.05 Å². The molecular formula is C24H25NO4. The molecule has 5 heteroatoms. The van der Waals surface area contributed by atoms with Gasteiger partial charge in [-0.1, -0.05) is 5.57 Å². The molecule has 4 rings (SSSR count). The first kappa shape index (κ1) is 19.1. The number of ether oxygens (including phenoxy) is 2. The van der Waals surface area contributed by atoms with Gasteiger partial charge < -0.3 is 19.1 Å². The number of phenolic OH excluding ortho intramolecular Hbond substituents is 1.